The highest BCUT2D eigenvalue weighted by Crippen LogP contribution is 2.43. The molecule has 1 saturated heterocycles. The molecule has 0 spiro atoms. The molecule has 3 atom stereocenters. The van der Waals surface area contributed by atoms with Crippen molar-refractivity contribution in [3.8, 4) is 6.07 Å². The van der Waals surface area contributed by atoms with Crippen molar-refractivity contribution in [3.05, 3.63) is 75.5 Å². The summed E-state index contributed by atoms with van der Waals surface area (Å²) < 4.78 is 1.56. The number of hydrogen-bond acceptors (Lipinski definition) is 7. The summed E-state index contributed by atoms with van der Waals surface area (Å²) in [5, 5.41) is 19.2. The van der Waals surface area contributed by atoms with E-state index in [1.165, 1.54) is 11.1 Å². The Kier molecular flexibility index (Phi) is 8.90. The lowest BCUT2D eigenvalue weighted by Crippen LogP contribution is -2.52. The molecule has 0 bridgehead atoms. The van der Waals surface area contributed by atoms with Gasteiger partial charge in [0.2, 0.25) is 11.9 Å². The third-order valence-corrected chi connectivity index (χ3v) is 8.54. The first-order valence-corrected chi connectivity index (χ1v) is 14.9. The van der Waals surface area contributed by atoms with Crippen molar-refractivity contribution in [1.29, 1.82) is 10.8 Å². The largest absolute Gasteiger partial charge is 0.385 e. The highest BCUT2D eigenvalue weighted by molar-refractivity contribution is 6.35. The van der Waals surface area contributed by atoms with Crippen LogP contribution in [-0.2, 0) is 21.5 Å². The topological polar surface area (TPSA) is 186 Å². The summed E-state index contributed by atoms with van der Waals surface area (Å²) in [6.07, 6.45) is 2.92. The van der Waals surface area contributed by atoms with Crippen LogP contribution in [0.3, 0.4) is 0 Å². The molecular weight excluding hydrogens is 619 g/mol. The van der Waals surface area contributed by atoms with E-state index in [9.17, 15) is 19.6 Å². The number of hydrogen-bond donors (Lipinski definition) is 3. The smallest absolute Gasteiger partial charge is 0.270 e. The Morgan fingerprint density at radius 1 is 1.24 bits per heavy atom. The van der Waals surface area contributed by atoms with E-state index in [2.05, 4.69) is 26.7 Å². The number of nitrogens with two attached hydrogens (primary N) is 1. The molecule has 3 amide bonds. The average Bonchev–Trinajstić information content (AvgIpc) is 3.54. The number of halogens is 2. The standard InChI is InChI=1S/C30H30Cl2N10O3/c1-17(27(44)40-9-3-4-20(16-40)25(34)38-39-35)37-26(43)24-15-36-29-41(23-11-21(31)10-22(32)12-23)28(45)30(2,42(24)29)13-18-5-7-19(14-33)8-6-18/h5-8,10-12,15,17,20H,3-4,9,13,16H2,1-2H3,(H,37,43)(H3,34,35,38)/t17-,20+,30+/m0/s1. The molecule has 2 aromatic carbocycles. The van der Waals surface area contributed by atoms with E-state index in [-0.39, 0.29) is 41.6 Å². The summed E-state index contributed by atoms with van der Waals surface area (Å²) in [5.74, 6) is -1.14. The molecule has 2 aliphatic rings. The molecule has 0 aliphatic carbocycles. The number of nitriles is 1. The van der Waals surface area contributed by atoms with Gasteiger partial charge < -0.3 is 16.0 Å². The van der Waals surface area contributed by atoms with Crippen molar-refractivity contribution in [2.45, 2.75) is 44.7 Å². The van der Waals surface area contributed by atoms with Gasteiger partial charge in [0.15, 0.2) is 0 Å². The molecule has 5 rings (SSSR count). The fourth-order valence-electron chi connectivity index (χ4n) is 5.89. The van der Waals surface area contributed by atoms with Gasteiger partial charge in [-0.15, -0.1) is 5.10 Å². The van der Waals surface area contributed by atoms with E-state index in [1.54, 1.807) is 65.8 Å². The zero-order valence-electron chi connectivity index (χ0n) is 24.5. The summed E-state index contributed by atoms with van der Waals surface area (Å²) in [6.45, 7) is 4.07. The molecular formula is C30H30Cl2N10O3. The van der Waals surface area contributed by atoms with Gasteiger partial charge in [-0.25, -0.2) is 9.88 Å². The summed E-state index contributed by atoms with van der Waals surface area (Å²) in [5.41, 5.74) is 13.2. The Bertz CT molecular complexity index is 1730. The lowest BCUT2D eigenvalue weighted by atomic mass is 9.91. The van der Waals surface area contributed by atoms with Crippen LogP contribution in [0.5, 0.6) is 0 Å². The summed E-state index contributed by atoms with van der Waals surface area (Å²) >= 11 is 12.6. The van der Waals surface area contributed by atoms with E-state index < -0.39 is 17.5 Å². The number of carbonyl (C=O) groups is 3. The number of piperidine rings is 1. The normalized spacial score (nSPS) is 20.4. The van der Waals surface area contributed by atoms with Gasteiger partial charge in [-0.2, -0.15) is 10.8 Å². The maximum Gasteiger partial charge on any atom is 0.270 e. The van der Waals surface area contributed by atoms with Gasteiger partial charge in [0.05, 0.1) is 23.5 Å². The van der Waals surface area contributed by atoms with Crippen LogP contribution >= 0.6 is 23.2 Å². The highest BCUT2D eigenvalue weighted by Gasteiger charge is 2.51. The Labute approximate surface area is 269 Å². The summed E-state index contributed by atoms with van der Waals surface area (Å²) in [7, 11) is 0. The number of carbonyl (C=O) groups excluding carboxylic acids is 3. The summed E-state index contributed by atoms with van der Waals surface area (Å²) in [4.78, 5) is 48.8. The van der Waals surface area contributed by atoms with Crippen LogP contribution in [-0.4, -0.2) is 57.1 Å². The van der Waals surface area contributed by atoms with Crippen LogP contribution in [0.15, 0.2) is 59.0 Å². The molecule has 0 radical (unpaired) electrons. The lowest BCUT2D eigenvalue weighted by Gasteiger charge is -2.34. The van der Waals surface area contributed by atoms with Gasteiger partial charge in [0.25, 0.3) is 11.8 Å². The number of aromatic nitrogens is 2. The van der Waals surface area contributed by atoms with Crippen molar-refractivity contribution in [3.63, 3.8) is 0 Å². The summed E-state index contributed by atoms with van der Waals surface area (Å²) in [6, 6.07) is 12.7. The molecule has 45 heavy (non-hydrogen) atoms. The number of benzene rings is 2. The van der Waals surface area contributed by atoms with Crippen LogP contribution in [0.4, 0.5) is 11.6 Å². The molecule has 1 fully saturated rings. The Balaban J connectivity index is 1.46. The molecule has 15 heteroatoms. The van der Waals surface area contributed by atoms with Crippen LogP contribution in [0.1, 0.15) is 48.3 Å². The van der Waals surface area contributed by atoms with Crippen LogP contribution < -0.4 is 16.0 Å². The molecule has 0 unspecified atom stereocenters. The van der Waals surface area contributed by atoms with Crippen molar-refractivity contribution in [2.75, 3.05) is 18.0 Å². The molecule has 3 aromatic rings. The molecule has 232 valence electrons. The molecule has 2 aliphatic heterocycles. The van der Waals surface area contributed by atoms with Crippen LogP contribution in [0, 0.1) is 22.8 Å². The van der Waals surface area contributed by atoms with Gasteiger partial charge >= 0.3 is 0 Å². The second-order valence-corrected chi connectivity index (χ2v) is 12.1. The number of rotatable bonds is 8. The zero-order valence-corrected chi connectivity index (χ0v) is 26.0. The Morgan fingerprint density at radius 3 is 2.58 bits per heavy atom. The molecule has 13 nitrogen and oxygen atoms in total. The fourth-order valence-corrected chi connectivity index (χ4v) is 6.40. The number of anilines is 2. The van der Waals surface area contributed by atoms with Gasteiger partial charge in [-0.05, 0) is 62.6 Å². The fraction of sp³-hybridized carbons (Fsp3) is 0.333. The zero-order chi connectivity index (χ0) is 32.5. The minimum Gasteiger partial charge on any atom is -0.385 e. The second kappa shape index (κ2) is 12.7. The molecule has 3 heterocycles. The Morgan fingerprint density at radius 2 is 1.93 bits per heavy atom. The number of amidine groups is 1. The van der Waals surface area contributed by atoms with Gasteiger partial charge in [-0.1, -0.05) is 40.6 Å². The maximum atomic E-state index is 14.2. The van der Waals surface area contributed by atoms with Gasteiger partial charge in [0.1, 0.15) is 23.1 Å². The maximum absolute atomic E-state index is 14.2. The lowest BCUT2D eigenvalue weighted by molar-refractivity contribution is -0.134. The first-order valence-electron chi connectivity index (χ1n) is 14.1. The third-order valence-electron chi connectivity index (χ3n) is 8.10. The number of nitrogens with zero attached hydrogens (tertiary/aromatic N) is 7. The SMILES string of the molecule is C[C@H](NC(=O)c1cnc2n1[C@](C)(Cc1ccc(C#N)cc1)C(=O)N2c1cc(Cl)cc(Cl)c1)C(=O)N1CCC[C@@H](C(N)=NN=N)C1. The van der Waals surface area contributed by atoms with Crippen molar-refractivity contribution in [1.82, 2.24) is 19.8 Å². The van der Waals surface area contributed by atoms with Crippen molar-refractivity contribution in [2.24, 2.45) is 22.0 Å². The third kappa shape index (κ3) is 6.11. The quantitative estimate of drug-likeness (QED) is 0.141. The van der Waals surface area contributed by atoms with E-state index in [4.69, 9.17) is 34.5 Å². The minimum absolute atomic E-state index is 0.0784. The van der Waals surface area contributed by atoms with E-state index in [0.29, 0.717) is 47.2 Å². The van der Waals surface area contributed by atoms with Gasteiger partial charge in [-0.3, -0.25) is 19.0 Å². The number of fused-ring (bicyclic) bond motifs is 1. The number of imidazole rings is 1. The second-order valence-electron chi connectivity index (χ2n) is 11.2. The number of likely N-dealkylation sites (tertiary alicyclic amines) is 1. The first-order chi connectivity index (χ1) is 21.5. The van der Waals surface area contributed by atoms with Gasteiger partial charge in [0, 0.05) is 35.5 Å². The minimum atomic E-state index is -1.32. The molecule has 0 saturated carbocycles. The van der Waals surface area contributed by atoms with E-state index in [1.807, 2.05) is 0 Å². The Hall–Kier alpha value is -4.80. The average molecular weight is 650 g/mol. The first kappa shape index (κ1) is 31.6. The highest BCUT2D eigenvalue weighted by atomic mass is 35.5. The predicted molar refractivity (Wildman–Crippen MR) is 167 cm³/mol. The van der Waals surface area contributed by atoms with Crippen molar-refractivity contribution < 1.29 is 14.4 Å². The van der Waals surface area contributed by atoms with E-state index in [0.717, 1.165) is 5.56 Å². The number of amides is 3. The predicted octanol–water partition coefficient (Wildman–Crippen LogP) is 4.36. The van der Waals surface area contributed by atoms with Crippen LogP contribution in [0.25, 0.3) is 0 Å². The van der Waals surface area contributed by atoms with Crippen LogP contribution in [0.2, 0.25) is 10.0 Å². The molecule has 1 aromatic heterocycles. The molecule has 4 N–H and O–H groups in total. The van der Waals surface area contributed by atoms with E-state index >= 15 is 0 Å². The monoisotopic (exact) mass is 648 g/mol. The number of nitrogens with one attached hydrogen (secondary N) is 2. The van der Waals surface area contributed by atoms with Crippen molar-refractivity contribution >= 4 is 58.4 Å².